The molecule has 2 nitrogen and oxygen atoms in total. The molecule has 0 saturated carbocycles. The van der Waals surface area contributed by atoms with E-state index in [1.165, 1.54) is 27.7 Å². The van der Waals surface area contributed by atoms with Crippen LogP contribution in [0.5, 0.6) is 0 Å². The van der Waals surface area contributed by atoms with Crippen molar-refractivity contribution < 1.29 is 0 Å². The lowest BCUT2D eigenvalue weighted by Crippen LogP contribution is -1.98. The first-order chi connectivity index (χ1) is 9.13. The molecular weight excluding hydrogens is 252 g/mol. The molecule has 2 aromatic heterocycles. The van der Waals surface area contributed by atoms with Crippen molar-refractivity contribution in [2.75, 3.05) is 0 Å². The molecule has 0 fully saturated rings. The summed E-state index contributed by atoms with van der Waals surface area (Å²) in [6.07, 6.45) is 3.17. The highest BCUT2D eigenvalue weighted by Gasteiger charge is 2.12. The zero-order chi connectivity index (χ0) is 13.4. The Balaban J connectivity index is 1.91. The number of benzene rings is 1. The summed E-state index contributed by atoms with van der Waals surface area (Å²) < 4.78 is 0. The predicted molar refractivity (Wildman–Crippen MR) is 82.0 cm³/mol. The Morgan fingerprint density at radius 3 is 2.89 bits per heavy atom. The second-order valence-corrected chi connectivity index (χ2v) is 6.32. The van der Waals surface area contributed by atoms with Crippen molar-refractivity contribution in [3.8, 4) is 0 Å². The summed E-state index contributed by atoms with van der Waals surface area (Å²) in [7, 11) is 0. The number of fused-ring (bicyclic) bond motifs is 1. The number of nitrogens with one attached hydrogen (secondary N) is 1. The summed E-state index contributed by atoms with van der Waals surface area (Å²) in [5.74, 6) is 0.462. The fraction of sp³-hybridized carbons (Fsp3) is 0.312. The van der Waals surface area contributed by atoms with Crippen LogP contribution in [0.4, 0.5) is 0 Å². The van der Waals surface area contributed by atoms with Gasteiger partial charge >= 0.3 is 0 Å². The van der Waals surface area contributed by atoms with Crippen LogP contribution < -0.4 is 0 Å². The Labute approximate surface area is 117 Å². The Kier molecular flexibility index (Phi) is 3.15. The number of nitrogens with zero attached hydrogens (tertiary/aromatic N) is 1. The van der Waals surface area contributed by atoms with E-state index >= 15 is 0 Å². The molecule has 0 radical (unpaired) electrons. The highest BCUT2D eigenvalue weighted by atomic mass is 32.1. The molecular formula is C16H18N2S. The first-order valence-electron chi connectivity index (χ1n) is 6.62. The first kappa shape index (κ1) is 12.4. The van der Waals surface area contributed by atoms with Crippen molar-refractivity contribution in [2.24, 2.45) is 0 Å². The molecule has 1 atom stereocenters. The third-order valence-corrected chi connectivity index (χ3v) is 4.38. The number of aromatic nitrogens is 2. The highest BCUT2D eigenvalue weighted by Crippen LogP contribution is 2.27. The van der Waals surface area contributed by atoms with Gasteiger partial charge in [-0.2, -0.15) is 0 Å². The molecule has 19 heavy (non-hydrogen) atoms. The largest absolute Gasteiger partial charge is 0.361 e. The molecule has 0 unspecified atom stereocenters. The van der Waals surface area contributed by atoms with Crippen LogP contribution in [0, 0.1) is 13.8 Å². The SMILES string of the molecule is Cc1ccc2[nH]cc(C[C@H](C)c3csc(C)n3)c2c1. The summed E-state index contributed by atoms with van der Waals surface area (Å²) in [6, 6.07) is 6.57. The molecule has 0 aliphatic carbocycles. The van der Waals surface area contributed by atoms with Crippen molar-refractivity contribution in [1.82, 2.24) is 9.97 Å². The number of rotatable bonds is 3. The van der Waals surface area contributed by atoms with E-state index in [9.17, 15) is 0 Å². The van der Waals surface area contributed by atoms with Crippen LogP contribution in [0.15, 0.2) is 29.8 Å². The lowest BCUT2D eigenvalue weighted by Gasteiger charge is -2.07. The minimum absolute atomic E-state index is 0.462. The Morgan fingerprint density at radius 1 is 1.32 bits per heavy atom. The van der Waals surface area contributed by atoms with Crippen molar-refractivity contribution in [1.29, 1.82) is 0 Å². The highest BCUT2D eigenvalue weighted by molar-refractivity contribution is 7.09. The fourth-order valence-corrected chi connectivity index (χ4v) is 3.24. The van der Waals surface area contributed by atoms with Gasteiger partial charge in [-0.3, -0.25) is 0 Å². The van der Waals surface area contributed by atoms with Crippen LogP contribution >= 0.6 is 11.3 Å². The second-order valence-electron chi connectivity index (χ2n) is 5.26. The summed E-state index contributed by atoms with van der Waals surface area (Å²) >= 11 is 1.73. The molecule has 3 rings (SSSR count). The maximum Gasteiger partial charge on any atom is 0.0897 e. The summed E-state index contributed by atoms with van der Waals surface area (Å²) in [5, 5.41) is 4.68. The van der Waals surface area contributed by atoms with Crippen LogP contribution in [0.25, 0.3) is 10.9 Å². The lowest BCUT2D eigenvalue weighted by atomic mass is 9.98. The normalized spacial score (nSPS) is 13.0. The van der Waals surface area contributed by atoms with E-state index in [1.54, 1.807) is 11.3 Å². The smallest absolute Gasteiger partial charge is 0.0897 e. The maximum absolute atomic E-state index is 4.60. The van der Waals surface area contributed by atoms with Crippen LogP contribution in [0.1, 0.15) is 34.7 Å². The van der Waals surface area contributed by atoms with Gasteiger partial charge in [-0.05, 0) is 38.0 Å². The standard InChI is InChI=1S/C16H18N2S/c1-10-4-5-15-14(6-10)13(8-17-15)7-11(2)16-9-19-12(3)18-16/h4-6,8-9,11,17H,7H2,1-3H3/t11-/m0/s1. The van der Waals surface area contributed by atoms with E-state index in [4.69, 9.17) is 0 Å². The van der Waals surface area contributed by atoms with Crippen LogP contribution in [0.2, 0.25) is 0 Å². The minimum atomic E-state index is 0.462. The Hall–Kier alpha value is -1.61. The average molecular weight is 270 g/mol. The summed E-state index contributed by atoms with van der Waals surface area (Å²) in [4.78, 5) is 7.96. The number of H-pyrrole nitrogens is 1. The topological polar surface area (TPSA) is 28.7 Å². The van der Waals surface area contributed by atoms with Crippen molar-refractivity contribution >= 4 is 22.2 Å². The zero-order valence-electron chi connectivity index (χ0n) is 11.5. The lowest BCUT2D eigenvalue weighted by molar-refractivity contribution is 0.738. The van der Waals surface area contributed by atoms with E-state index in [0.717, 1.165) is 11.4 Å². The molecule has 0 saturated heterocycles. The third-order valence-electron chi connectivity index (χ3n) is 3.59. The van der Waals surface area contributed by atoms with Gasteiger partial charge in [0.15, 0.2) is 0 Å². The van der Waals surface area contributed by atoms with E-state index in [-0.39, 0.29) is 0 Å². The van der Waals surface area contributed by atoms with Crippen molar-refractivity contribution in [2.45, 2.75) is 33.1 Å². The van der Waals surface area contributed by atoms with E-state index in [0.29, 0.717) is 5.92 Å². The molecule has 0 spiro atoms. The quantitative estimate of drug-likeness (QED) is 0.741. The number of aryl methyl sites for hydroxylation is 2. The van der Waals surface area contributed by atoms with Crippen molar-refractivity contribution in [3.63, 3.8) is 0 Å². The second kappa shape index (κ2) is 4.82. The van der Waals surface area contributed by atoms with Gasteiger partial charge in [0.25, 0.3) is 0 Å². The van der Waals surface area contributed by atoms with Gasteiger partial charge in [0.05, 0.1) is 10.7 Å². The third kappa shape index (κ3) is 2.43. The van der Waals surface area contributed by atoms with Gasteiger partial charge < -0.3 is 4.98 Å². The predicted octanol–water partition coefficient (Wildman–Crippen LogP) is 4.59. The average Bonchev–Trinajstić information content (AvgIpc) is 2.97. The molecule has 1 aromatic carbocycles. The molecule has 3 aromatic rings. The number of hydrogen-bond acceptors (Lipinski definition) is 2. The molecule has 1 N–H and O–H groups in total. The summed E-state index contributed by atoms with van der Waals surface area (Å²) in [5.41, 5.74) is 5.13. The van der Waals surface area contributed by atoms with E-state index < -0.39 is 0 Å². The molecule has 0 bridgehead atoms. The fourth-order valence-electron chi connectivity index (χ4n) is 2.50. The Bertz CT molecular complexity index is 708. The monoisotopic (exact) mass is 270 g/mol. The number of hydrogen-bond donors (Lipinski definition) is 1. The maximum atomic E-state index is 4.60. The van der Waals surface area contributed by atoms with E-state index in [1.807, 2.05) is 0 Å². The molecule has 0 aliphatic rings. The van der Waals surface area contributed by atoms with Crippen LogP contribution in [0.3, 0.4) is 0 Å². The van der Waals surface area contributed by atoms with Gasteiger partial charge in [0.1, 0.15) is 0 Å². The summed E-state index contributed by atoms with van der Waals surface area (Å²) in [6.45, 7) is 6.46. The minimum Gasteiger partial charge on any atom is -0.361 e. The van der Waals surface area contributed by atoms with Gasteiger partial charge in [0.2, 0.25) is 0 Å². The van der Waals surface area contributed by atoms with Gasteiger partial charge in [-0.25, -0.2) is 4.98 Å². The first-order valence-corrected chi connectivity index (χ1v) is 7.50. The molecule has 3 heteroatoms. The van der Waals surface area contributed by atoms with Gasteiger partial charge in [-0.1, -0.05) is 18.6 Å². The molecule has 2 heterocycles. The van der Waals surface area contributed by atoms with Crippen LogP contribution in [-0.4, -0.2) is 9.97 Å². The molecule has 98 valence electrons. The van der Waals surface area contributed by atoms with Crippen molar-refractivity contribution in [3.05, 3.63) is 51.6 Å². The van der Waals surface area contributed by atoms with Gasteiger partial charge in [0, 0.05) is 28.4 Å². The zero-order valence-corrected chi connectivity index (χ0v) is 12.3. The van der Waals surface area contributed by atoms with E-state index in [2.05, 4.69) is 60.5 Å². The molecule has 0 aliphatic heterocycles. The number of thiazole rings is 1. The van der Waals surface area contributed by atoms with Crippen LogP contribution in [-0.2, 0) is 6.42 Å². The van der Waals surface area contributed by atoms with Gasteiger partial charge in [-0.15, -0.1) is 11.3 Å². The molecule has 0 amide bonds. The number of aromatic amines is 1. The Morgan fingerprint density at radius 2 is 2.16 bits per heavy atom.